The van der Waals surface area contributed by atoms with Gasteiger partial charge in [-0.2, -0.15) is 0 Å². The molecule has 10 heteroatoms. The zero-order valence-corrected chi connectivity index (χ0v) is 10.4. The van der Waals surface area contributed by atoms with Crippen LogP contribution in [0.2, 0.25) is 0 Å². The molecule has 1 saturated heterocycles. The summed E-state index contributed by atoms with van der Waals surface area (Å²) in [6, 6.07) is 0. The van der Waals surface area contributed by atoms with Crippen molar-refractivity contribution in [2.24, 2.45) is 0 Å². The Bertz CT molecular complexity index is 147. The van der Waals surface area contributed by atoms with Crippen molar-refractivity contribution in [3.63, 3.8) is 0 Å². The zero-order chi connectivity index (χ0) is 8.18. The van der Waals surface area contributed by atoms with Gasteiger partial charge in [0.15, 0.2) is 0 Å². The third-order valence-corrected chi connectivity index (χ3v) is 16.1. The molecule has 0 bridgehead atoms. The van der Waals surface area contributed by atoms with Crippen molar-refractivity contribution in [3.05, 3.63) is 0 Å². The predicted molar refractivity (Wildman–Crippen MR) is 52.6 cm³/mol. The van der Waals surface area contributed by atoms with E-state index < -0.39 is 12.5 Å². The van der Waals surface area contributed by atoms with E-state index in [2.05, 4.69) is 0 Å². The molecular formula is Cl6N2P2. The van der Waals surface area contributed by atoms with Gasteiger partial charge in [-0.15, -0.1) is 0 Å². The molecule has 0 atom stereocenters. The van der Waals surface area contributed by atoms with Gasteiger partial charge < -0.3 is 0 Å². The summed E-state index contributed by atoms with van der Waals surface area (Å²) in [6.45, 7) is 0. The van der Waals surface area contributed by atoms with E-state index in [9.17, 15) is 0 Å². The van der Waals surface area contributed by atoms with Gasteiger partial charge >= 0.3 is 89.0 Å². The van der Waals surface area contributed by atoms with Gasteiger partial charge in [0.25, 0.3) is 0 Å². The van der Waals surface area contributed by atoms with E-state index in [1.54, 1.807) is 0 Å². The van der Waals surface area contributed by atoms with Crippen LogP contribution in [-0.4, -0.2) is 7.92 Å². The number of hydrogen-bond donors (Lipinski definition) is 0. The predicted octanol–water partition coefficient (Wildman–Crippen LogP) is 5.22. The Morgan fingerprint density at radius 3 is 1.40 bits per heavy atom. The maximum absolute atomic E-state index is 5.64. The van der Waals surface area contributed by atoms with E-state index in [-0.39, 0.29) is 0 Å². The fraction of sp³-hybridized carbons (Fsp3) is 0. The van der Waals surface area contributed by atoms with Crippen LogP contribution in [0.3, 0.4) is 0 Å². The molecule has 0 unspecified atom stereocenters. The van der Waals surface area contributed by atoms with Crippen LogP contribution in [0.15, 0.2) is 0 Å². The van der Waals surface area contributed by atoms with Crippen LogP contribution in [0.1, 0.15) is 0 Å². The Balaban J connectivity index is 2.85. The summed E-state index contributed by atoms with van der Waals surface area (Å²) in [5.41, 5.74) is 0. The van der Waals surface area contributed by atoms with E-state index in [1.165, 1.54) is 0 Å². The van der Waals surface area contributed by atoms with Gasteiger partial charge in [-0.25, -0.2) is 0 Å². The van der Waals surface area contributed by atoms with E-state index in [4.69, 9.17) is 68.5 Å². The molecule has 0 saturated carbocycles. The molecule has 0 amide bonds. The van der Waals surface area contributed by atoms with Crippen LogP contribution < -0.4 is 0 Å². The Labute approximate surface area is 88.5 Å². The molecule has 10 heavy (non-hydrogen) atoms. The molecule has 0 N–H and O–H groups in total. The molecule has 0 spiro atoms. The van der Waals surface area contributed by atoms with Crippen molar-refractivity contribution in [1.82, 2.24) is 7.92 Å². The third-order valence-electron chi connectivity index (χ3n) is 0.794. The fourth-order valence-corrected chi connectivity index (χ4v) is 12.2. The second kappa shape index (κ2) is 2.75. The van der Waals surface area contributed by atoms with E-state index in [0.29, 0.717) is 0 Å². The van der Waals surface area contributed by atoms with Crippen LogP contribution in [-0.2, 0) is 0 Å². The third kappa shape index (κ3) is 1.36. The van der Waals surface area contributed by atoms with Gasteiger partial charge in [0.05, 0.1) is 0 Å². The van der Waals surface area contributed by atoms with Crippen LogP contribution in [0.5, 0.6) is 0 Å². The summed E-state index contributed by atoms with van der Waals surface area (Å²) >= 11 is 33.5. The van der Waals surface area contributed by atoms with Gasteiger partial charge in [-0.3, -0.25) is 0 Å². The summed E-state index contributed by atoms with van der Waals surface area (Å²) in [7, 11) is -1.34. The average Bonchev–Trinajstić information content (AvgIpc) is 1.82. The van der Waals surface area contributed by atoms with Gasteiger partial charge in [-0.1, -0.05) is 0 Å². The average molecular weight is 303 g/mol. The minimum atomic E-state index is -3.67. The molecule has 2 nitrogen and oxygen atoms in total. The molecule has 0 aromatic carbocycles. The topological polar surface area (TPSA) is 6.48 Å². The van der Waals surface area contributed by atoms with Crippen molar-refractivity contribution in [2.75, 3.05) is 0 Å². The molecule has 1 aliphatic heterocycles. The Morgan fingerprint density at radius 2 is 1.30 bits per heavy atom. The number of rotatable bonds is 0. The van der Waals surface area contributed by atoms with E-state index in [0.717, 1.165) is 7.92 Å². The molecule has 1 aliphatic rings. The first-order valence-corrected chi connectivity index (χ1v) is 9.50. The van der Waals surface area contributed by atoms with Crippen molar-refractivity contribution in [1.29, 1.82) is 0 Å². The Morgan fingerprint density at radius 1 is 1.00 bits per heavy atom. The van der Waals surface area contributed by atoms with Crippen LogP contribution >= 0.6 is 81.1 Å². The molecular weight excluding hydrogens is 303 g/mol. The standard InChI is InChI=1S/Cl6N2P2/c1-7-9(3)8(2)10(7,4,5)6. The molecule has 0 aliphatic carbocycles. The summed E-state index contributed by atoms with van der Waals surface area (Å²) in [4.78, 5) is -3.67. The fourth-order valence-electron chi connectivity index (χ4n) is 0.324. The van der Waals surface area contributed by atoms with Crippen molar-refractivity contribution >= 4 is 81.1 Å². The first kappa shape index (κ1) is 10.6. The molecule has 62 valence electrons. The van der Waals surface area contributed by atoms with Crippen molar-refractivity contribution in [2.45, 2.75) is 0 Å². The molecule has 1 rings (SSSR count). The minimum absolute atomic E-state index is 0.972. The summed E-state index contributed by atoms with van der Waals surface area (Å²) in [5, 5.41) is 0. The monoisotopic (exact) mass is 300 g/mol. The van der Waals surface area contributed by atoms with E-state index in [1.807, 2.05) is 0 Å². The summed E-state index contributed by atoms with van der Waals surface area (Å²) < 4.78 is 1.94. The molecule has 1 fully saturated rings. The SMILES string of the molecule is ClN1P(Cl)N(Cl)P1(Cl)(Cl)Cl. The molecule has 0 aromatic rings. The maximum atomic E-state index is 5.64. The van der Waals surface area contributed by atoms with Crippen molar-refractivity contribution in [3.8, 4) is 0 Å². The Kier molecular flexibility index (Phi) is 2.92. The number of nitrogens with zero attached hydrogens (tertiary/aromatic N) is 2. The first-order chi connectivity index (χ1) is 4.26. The van der Waals surface area contributed by atoms with E-state index >= 15 is 0 Å². The van der Waals surface area contributed by atoms with Crippen LogP contribution in [0, 0.1) is 0 Å². The molecule has 1 heterocycles. The molecule has 0 aromatic heterocycles. The second-order valence-corrected chi connectivity index (χ2v) is 15.5. The van der Waals surface area contributed by atoms with Crippen molar-refractivity contribution < 1.29 is 0 Å². The first-order valence-electron chi connectivity index (χ1n) is 1.81. The number of halogens is 6. The quantitative estimate of drug-likeness (QED) is 0.447. The van der Waals surface area contributed by atoms with Crippen LogP contribution in [0.4, 0.5) is 0 Å². The van der Waals surface area contributed by atoms with Gasteiger partial charge in [-0.05, 0) is 0 Å². The zero-order valence-electron chi connectivity index (χ0n) is 4.06. The van der Waals surface area contributed by atoms with Gasteiger partial charge in [0.2, 0.25) is 0 Å². The second-order valence-electron chi connectivity index (χ2n) is 1.46. The summed E-state index contributed by atoms with van der Waals surface area (Å²) in [5.74, 6) is 0. The number of hydrogen-bond acceptors (Lipinski definition) is 2. The van der Waals surface area contributed by atoms with Gasteiger partial charge in [0.1, 0.15) is 0 Å². The normalized spacial score (nSPS) is 43.4. The van der Waals surface area contributed by atoms with Gasteiger partial charge in [0, 0.05) is 0 Å². The van der Waals surface area contributed by atoms with Crippen LogP contribution in [0.25, 0.3) is 0 Å². The molecule has 0 radical (unpaired) electrons. The Hall–Kier alpha value is 2.52. The summed E-state index contributed by atoms with van der Waals surface area (Å²) in [6.07, 6.45) is 0.